The number of carbonyl (C=O) groups is 2. The van der Waals surface area contributed by atoms with Crippen molar-refractivity contribution in [3.05, 3.63) is 53.8 Å². The zero-order valence-electron chi connectivity index (χ0n) is 12.0. The molecule has 1 aromatic carbocycles. The number of allylic oxidation sites excluding steroid dienone is 2. The van der Waals surface area contributed by atoms with Gasteiger partial charge in [-0.05, 0) is 30.7 Å². The minimum atomic E-state index is -0.229. The lowest BCUT2D eigenvalue weighted by Crippen LogP contribution is -2.28. The van der Waals surface area contributed by atoms with Crippen LogP contribution in [-0.2, 0) is 9.59 Å². The van der Waals surface area contributed by atoms with Gasteiger partial charge in [0, 0.05) is 25.9 Å². The largest absolute Gasteiger partial charge is 0.383 e. The van der Waals surface area contributed by atoms with Gasteiger partial charge in [0.25, 0.3) is 5.91 Å². The fraction of sp³-hybridized carbons (Fsp3) is 0.250. The van der Waals surface area contributed by atoms with E-state index in [-0.39, 0.29) is 18.2 Å². The van der Waals surface area contributed by atoms with E-state index in [2.05, 4.69) is 0 Å². The predicted molar refractivity (Wildman–Crippen MR) is 79.1 cm³/mol. The van der Waals surface area contributed by atoms with E-state index in [4.69, 9.17) is 0 Å². The molecule has 0 unspecified atom stereocenters. The van der Waals surface area contributed by atoms with Crippen LogP contribution in [0.25, 0.3) is 0 Å². The highest BCUT2D eigenvalue weighted by Gasteiger charge is 2.34. The number of rotatable bonds is 3. The van der Waals surface area contributed by atoms with Crippen LogP contribution in [0.1, 0.15) is 13.3 Å². The monoisotopic (exact) mass is 270 g/mol. The zero-order valence-corrected chi connectivity index (χ0v) is 12.0. The van der Waals surface area contributed by atoms with Gasteiger partial charge in [-0.2, -0.15) is 0 Å². The van der Waals surface area contributed by atoms with Crippen LogP contribution in [0.2, 0.25) is 0 Å². The topological polar surface area (TPSA) is 40.6 Å². The second kappa shape index (κ2) is 5.74. The highest BCUT2D eigenvalue weighted by atomic mass is 16.2. The summed E-state index contributed by atoms with van der Waals surface area (Å²) in [6.07, 6.45) is 3.85. The van der Waals surface area contributed by atoms with Crippen molar-refractivity contribution in [1.29, 1.82) is 0 Å². The van der Waals surface area contributed by atoms with Gasteiger partial charge in [0.1, 0.15) is 0 Å². The van der Waals surface area contributed by atoms with Gasteiger partial charge < -0.3 is 4.90 Å². The predicted octanol–water partition coefficient (Wildman–Crippen LogP) is 2.34. The minimum absolute atomic E-state index is 0.159. The molecule has 2 amide bonds. The van der Waals surface area contributed by atoms with E-state index >= 15 is 0 Å². The summed E-state index contributed by atoms with van der Waals surface area (Å²) in [5.41, 5.74) is 2.11. The van der Waals surface area contributed by atoms with Crippen molar-refractivity contribution in [2.24, 2.45) is 0 Å². The Balaban J connectivity index is 2.28. The van der Waals surface area contributed by atoms with Crippen molar-refractivity contribution >= 4 is 17.5 Å². The SMILES string of the molecule is CC(=C\N(C)C)/C=C1\CC(=O)N(c2ccccc2)C1=O. The summed E-state index contributed by atoms with van der Waals surface area (Å²) in [5.74, 6) is -0.405. The first kappa shape index (κ1) is 14.1. The first-order chi connectivity index (χ1) is 9.49. The van der Waals surface area contributed by atoms with E-state index in [1.165, 1.54) is 4.90 Å². The molecule has 0 N–H and O–H groups in total. The van der Waals surface area contributed by atoms with Crippen LogP contribution in [-0.4, -0.2) is 30.8 Å². The molecule has 0 aliphatic carbocycles. The van der Waals surface area contributed by atoms with Gasteiger partial charge in [0.2, 0.25) is 5.91 Å². The van der Waals surface area contributed by atoms with Gasteiger partial charge in [-0.1, -0.05) is 18.2 Å². The maximum absolute atomic E-state index is 12.3. The number of anilines is 1. The standard InChI is InChI=1S/C16H18N2O2/c1-12(11-17(2)3)9-13-10-15(19)18(16(13)20)14-7-5-4-6-8-14/h4-9,11H,10H2,1-3H3/b12-11+,13-9+. The van der Waals surface area contributed by atoms with Crippen molar-refractivity contribution in [3.8, 4) is 0 Å². The summed E-state index contributed by atoms with van der Waals surface area (Å²) in [7, 11) is 3.83. The van der Waals surface area contributed by atoms with Crippen molar-refractivity contribution in [3.63, 3.8) is 0 Å². The summed E-state index contributed by atoms with van der Waals surface area (Å²) < 4.78 is 0. The number of hydrogen-bond donors (Lipinski definition) is 0. The molecule has 1 aliphatic heterocycles. The first-order valence-corrected chi connectivity index (χ1v) is 6.47. The van der Waals surface area contributed by atoms with Gasteiger partial charge >= 0.3 is 0 Å². The molecule has 1 saturated heterocycles. The van der Waals surface area contributed by atoms with Gasteiger partial charge in [-0.15, -0.1) is 0 Å². The lowest BCUT2D eigenvalue weighted by Gasteiger charge is -2.12. The molecule has 0 radical (unpaired) electrons. The fourth-order valence-electron chi connectivity index (χ4n) is 2.24. The van der Waals surface area contributed by atoms with E-state index in [1.807, 2.05) is 50.3 Å². The normalized spacial score (nSPS) is 18.1. The van der Waals surface area contributed by atoms with Crippen LogP contribution in [0.4, 0.5) is 5.69 Å². The number of benzene rings is 1. The molecule has 1 heterocycles. The summed E-state index contributed by atoms with van der Waals surface area (Å²) in [6.45, 7) is 1.91. The minimum Gasteiger partial charge on any atom is -0.383 e. The second-order valence-corrected chi connectivity index (χ2v) is 5.05. The molecule has 104 valence electrons. The molecule has 0 bridgehead atoms. The highest BCUT2D eigenvalue weighted by Crippen LogP contribution is 2.26. The van der Waals surface area contributed by atoms with E-state index in [0.29, 0.717) is 11.3 Å². The van der Waals surface area contributed by atoms with Crippen LogP contribution < -0.4 is 4.90 Å². The zero-order chi connectivity index (χ0) is 14.7. The van der Waals surface area contributed by atoms with Crippen LogP contribution in [0, 0.1) is 0 Å². The van der Waals surface area contributed by atoms with Gasteiger partial charge in [0.15, 0.2) is 0 Å². The van der Waals surface area contributed by atoms with E-state index in [1.54, 1.807) is 18.2 Å². The average molecular weight is 270 g/mol. The Morgan fingerprint density at radius 1 is 1.20 bits per heavy atom. The van der Waals surface area contributed by atoms with E-state index < -0.39 is 0 Å². The quantitative estimate of drug-likeness (QED) is 0.625. The molecule has 1 aliphatic rings. The highest BCUT2D eigenvalue weighted by molar-refractivity contribution is 6.28. The third kappa shape index (κ3) is 2.96. The van der Waals surface area contributed by atoms with Crippen molar-refractivity contribution in [2.45, 2.75) is 13.3 Å². The van der Waals surface area contributed by atoms with E-state index in [9.17, 15) is 9.59 Å². The summed E-state index contributed by atoms with van der Waals surface area (Å²) >= 11 is 0. The molecule has 1 aromatic rings. The maximum atomic E-state index is 12.3. The summed E-state index contributed by atoms with van der Waals surface area (Å²) in [5, 5.41) is 0. The first-order valence-electron chi connectivity index (χ1n) is 6.47. The Morgan fingerprint density at radius 3 is 2.45 bits per heavy atom. The molecular formula is C16H18N2O2. The van der Waals surface area contributed by atoms with Crippen molar-refractivity contribution < 1.29 is 9.59 Å². The number of amides is 2. The van der Waals surface area contributed by atoms with Crippen molar-refractivity contribution in [1.82, 2.24) is 4.90 Å². The Bertz CT molecular complexity index is 586. The molecule has 0 spiro atoms. The molecule has 4 nitrogen and oxygen atoms in total. The molecular weight excluding hydrogens is 252 g/mol. The fourth-order valence-corrected chi connectivity index (χ4v) is 2.24. The molecule has 0 atom stereocenters. The van der Waals surface area contributed by atoms with Crippen LogP contribution in [0.5, 0.6) is 0 Å². The summed E-state index contributed by atoms with van der Waals surface area (Å²) in [6, 6.07) is 9.02. The van der Waals surface area contributed by atoms with Crippen LogP contribution in [0.3, 0.4) is 0 Å². The lowest BCUT2D eigenvalue weighted by atomic mass is 10.1. The number of carbonyl (C=O) groups excluding carboxylic acids is 2. The second-order valence-electron chi connectivity index (χ2n) is 5.05. The Labute approximate surface area is 119 Å². The number of nitrogens with zero attached hydrogens (tertiary/aromatic N) is 2. The maximum Gasteiger partial charge on any atom is 0.261 e. The third-order valence-electron chi connectivity index (χ3n) is 2.95. The van der Waals surface area contributed by atoms with E-state index in [0.717, 1.165) is 5.57 Å². The lowest BCUT2D eigenvalue weighted by molar-refractivity contribution is -0.120. The van der Waals surface area contributed by atoms with Gasteiger partial charge in [-0.3, -0.25) is 9.59 Å². The molecule has 4 heteroatoms. The number of imide groups is 1. The van der Waals surface area contributed by atoms with Crippen LogP contribution >= 0.6 is 0 Å². The van der Waals surface area contributed by atoms with Crippen LogP contribution in [0.15, 0.2) is 53.8 Å². The molecule has 1 fully saturated rings. The van der Waals surface area contributed by atoms with Gasteiger partial charge in [-0.25, -0.2) is 4.90 Å². The average Bonchev–Trinajstić information content (AvgIpc) is 2.64. The molecule has 0 aromatic heterocycles. The van der Waals surface area contributed by atoms with Crippen molar-refractivity contribution in [2.75, 3.05) is 19.0 Å². The number of hydrogen-bond acceptors (Lipinski definition) is 3. The Morgan fingerprint density at radius 2 is 1.85 bits per heavy atom. The molecule has 2 rings (SSSR count). The number of para-hydroxylation sites is 1. The molecule has 20 heavy (non-hydrogen) atoms. The van der Waals surface area contributed by atoms with Gasteiger partial charge in [0.05, 0.1) is 12.1 Å². The molecule has 0 saturated carbocycles. The third-order valence-corrected chi connectivity index (χ3v) is 2.95. The Kier molecular flexibility index (Phi) is 4.03. The summed E-state index contributed by atoms with van der Waals surface area (Å²) in [4.78, 5) is 27.5. The Hall–Kier alpha value is -2.36. The smallest absolute Gasteiger partial charge is 0.261 e.